The minimum Gasteiger partial charge on any atom is -0.379 e. The number of halogens is 1. The third-order valence-electron chi connectivity index (χ3n) is 4.29. The van der Waals surface area contributed by atoms with Crippen LogP contribution in [0, 0.1) is 5.92 Å². The second-order valence-electron chi connectivity index (χ2n) is 5.86. The Labute approximate surface area is 148 Å². The standard InChI is InChI=1S/C17H23N3OS.ClH/c1-21-12-15-8-19-17(22-15)11-20-9-14(7-18)16(10-20)13-5-3-2-4-6-13;/h2-6,8,14,16H,7,9-12,18H2,1H3;1H/t14-,16+;/m1./s1. The molecule has 0 spiro atoms. The highest BCUT2D eigenvalue weighted by Gasteiger charge is 2.32. The van der Waals surface area contributed by atoms with Gasteiger partial charge in [-0.15, -0.1) is 23.7 Å². The van der Waals surface area contributed by atoms with E-state index >= 15 is 0 Å². The summed E-state index contributed by atoms with van der Waals surface area (Å²) in [5.41, 5.74) is 7.41. The second kappa shape index (κ2) is 8.76. The maximum absolute atomic E-state index is 6.00. The first-order valence-corrected chi connectivity index (χ1v) is 8.51. The molecule has 0 bridgehead atoms. The molecular formula is C17H24ClN3OS. The number of nitrogens with zero attached hydrogens (tertiary/aromatic N) is 2. The Morgan fingerprint density at radius 3 is 2.78 bits per heavy atom. The fourth-order valence-electron chi connectivity index (χ4n) is 3.23. The minimum atomic E-state index is 0. The summed E-state index contributed by atoms with van der Waals surface area (Å²) in [6, 6.07) is 10.7. The van der Waals surface area contributed by atoms with Crippen molar-refractivity contribution in [2.45, 2.75) is 19.1 Å². The molecule has 3 rings (SSSR count). The van der Waals surface area contributed by atoms with Gasteiger partial charge in [0.05, 0.1) is 18.0 Å². The highest BCUT2D eigenvalue weighted by molar-refractivity contribution is 7.11. The molecule has 0 radical (unpaired) electrons. The first kappa shape index (κ1) is 18.4. The first-order chi connectivity index (χ1) is 10.8. The number of likely N-dealkylation sites (tertiary alicyclic amines) is 1. The van der Waals surface area contributed by atoms with Crippen LogP contribution in [0.4, 0.5) is 0 Å². The molecule has 4 nitrogen and oxygen atoms in total. The van der Waals surface area contributed by atoms with Crippen molar-refractivity contribution in [3.05, 3.63) is 52.0 Å². The van der Waals surface area contributed by atoms with Crippen molar-refractivity contribution in [1.29, 1.82) is 0 Å². The van der Waals surface area contributed by atoms with E-state index in [1.807, 2.05) is 6.20 Å². The smallest absolute Gasteiger partial charge is 0.107 e. The SMILES string of the molecule is COCc1cnc(CN2C[C@@H](CN)[C@H](c3ccccc3)C2)s1.Cl. The summed E-state index contributed by atoms with van der Waals surface area (Å²) < 4.78 is 5.16. The number of benzene rings is 1. The Morgan fingerprint density at radius 2 is 2.09 bits per heavy atom. The van der Waals surface area contributed by atoms with E-state index in [1.165, 1.54) is 10.4 Å². The Bertz CT molecular complexity index is 593. The molecule has 0 unspecified atom stereocenters. The van der Waals surface area contributed by atoms with Gasteiger partial charge in [-0.2, -0.15) is 0 Å². The maximum atomic E-state index is 6.00. The topological polar surface area (TPSA) is 51.4 Å². The zero-order valence-corrected chi connectivity index (χ0v) is 15.0. The van der Waals surface area contributed by atoms with Gasteiger partial charge in [0, 0.05) is 32.3 Å². The molecule has 2 heterocycles. The van der Waals surface area contributed by atoms with Crippen LogP contribution in [0.25, 0.3) is 0 Å². The van der Waals surface area contributed by atoms with E-state index in [0.29, 0.717) is 18.4 Å². The lowest BCUT2D eigenvalue weighted by Crippen LogP contribution is -2.23. The summed E-state index contributed by atoms with van der Waals surface area (Å²) in [7, 11) is 1.72. The Morgan fingerprint density at radius 1 is 1.30 bits per heavy atom. The molecule has 1 fully saturated rings. The molecule has 1 aromatic heterocycles. The lowest BCUT2D eigenvalue weighted by atomic mass is 9.89. The molecule has 0 aliphatic carbocycles. The molecule has 2 N–H and O–H groups in total. The van der Waals surface area contributed by atoms with Crippen LogP contribution < -0.4 is 5.73 Å². The van der Waals surface area contributed by atoms with Crippen LogP contribution in [0.1, 0.15) is 21.4 Å². The van der Waals surface area contributed by atoms with Crippen LogP contribution >= 0.6 is 23.7 Å². The lowest BCUT2D eigenvalue weighted by molar-refractivity contribution is 0.187. The summed E-state index contributed by atoms with van der Waals surface area (Å²) in [5, 5.41) is 1.16. The van der Waals surface area contributed by atoms with Crippen molar-refractivity contribution in [2.75, 3.05) is 26.7 Å². The van der Waals surface area contributed by atoms with E-state index < -0.39 is 0 Å². The van der Waals surface area contributed by atoms with Gasteiger partial charge in [-0.25, -0.2) is 4.98 Å². The van der Waals surface area contributed by atoms with Gasteiger partial charge in [-0.05, 0) is 18.0 Å². The largest absolute Gasteiger partial charge is 0.379 e. The second-order valence-corrected chi connectivity index (χ2v) is 7.06. The number of nitrogens with two attached hydrogens (primary N) is 1. The number of thiazole rings is 1. The van der Waals surface area contributed by atoms with Gasteiger partial charge in [0.1, 0.15) is 5.01 Å². The molecule has 23 heavy (non-hydrogen) atoms. The molecule has 2 aromatic rings. The van der Waals surface area contributed by atoms with Gasteiger partial charge < -0.3 is 10.5 Å². The monoisotopic (exact) mass is 353 g/mol. The molecule has 0 amide bonds. The van der Waals surface area contributed by atoms with Gasteiger partial charge in [0.25, 0.3) is 0 Å². The minimum absolute atomic E-state index is 0. The fourth-order valence-corrected chi connectivity index (χ4v) is 4.17. The highest BCUT2D eigenvalue weighted by atomic mass is 35.5. The maximum Gasteiger partial charge on any atom is 0.107 e. The molecule has 1 aliphatic rings. The summed E-state index contributed by atoms with van der Waals surface area (Å²) in [6.45, 7) is 4.41. The van der Waals surface area contributed by atoms with E-state index in [4.69, 9.17) is 10.5 Å². The number of hydrogen-bond acceptors (Lipinski definition) is 5. The van der Waals surface area contributed by atoms with E-state index in [1.54, 1.807) is 18.4 Å². The van der Waals surface area contributed by atoms with Crippen molar-refractivity contribution in [3.63, 3.8) is 0 Å². The molecule has 1 saturated heterocycles. The average molecular weight is 354 g/mol. The summed E-state index contributed by atoms with van der Waals surface area (Å²) >= 11 is 1.74. The van der Waals surface area contributed by atoms with Gasteiger partial charge >= 0.3 is 0 Å². The Balaban J connectivity index is 0.00000192. The number of ether oxygens (including phenoxy) is 1. The number of rotatable bonds is 6. The predicted octanol–water partition coefficient (Wildman–Crippen LogP) is 2.89. The van der Waals surface area contributed by atoms with E-state index in [-0.39, 0.29) is 12.4 Å². The van der Waals surface area contributed by atoms with E-state index in [9.17, 15) is 0 Å². The Kier molecular flexibility index (Phi) is 6.99. The van der Waals surface area contributed by atoms with Crippen LogP contribution in [0.5, 0.6) is 0 Å². The van der Waals surface area contributed by atoms with Crippen LogP contribution in [-0.2, 0) is 17.9 Å². The number of hydrogen-bond donors (Lipinski definition) is 1. The van der Waals surface area contributed by atoms with Crippen molar-refractivity contribution in [2.24, 2.45) is 11.7 Å². The molecule has 0 saturated carbocycles. The third kappa shape index (κ3) is 4.52. The molecular weight excluding hydrogens is 330 g/mol. The van der Waals surface area contributed by atoms with Gasteiger partial charge in [-0.3, -0.25) is 4.90 Å². The van der Waals surface area contributed by atoms with Crippen molar-refractivity contribution in [3.8, 4) is 0 Å². The van der Waals surface area contributed by atoms with Crippen molar-refractivity contribution in [1.82, 2.24) is 9.88 Å². The summed E-state index contributed by atoms with van der Waals surface area (Å²) in [6.07, 6.45) is 1.93. The predicted molar refractivity (Wildman–Crippen MR) is 97.1 cm³/mol. The average Bonchev–Trinajstić information content (AvgIpc) is 3.16. The van der Waals surface area contributed by atoms with Crippen molar-refractivity contribution < 1.29 is 4.74 Å². The van der Waals surface area contributed by atoms with Crippen LogP contribution in [-0.4, -0.2) is 36.6 Å². The quantitative estimate of drug-likeness (QED) is 0.867. The van der Waals surface area contributed by atoms with Gasteiger partial charge in [0.15, 0.2) is 0 Å². The molecule has 1 aromatic carbocycles. The van der Waals surface area contributed by atoms with E-state index in [0.717, 1.165) is 31.2 Å². The van der Waals surface area contributed by atoms with Gasteiger partial charge in [0.2, 0.25) is 0 Å². The fraction of sp³-hybridized carbons (Fsp3) is 0.471. The highest BCUT2D eigenvalue weighted by Crippen LogP contribution is 2.33. The number of methoxy groups -OCH3 is 1. The lowest BCUT2D eigenvalue weighted by Gasteiger charge is -2.16. The van der Waals surface area contributed by atoms with Crippen LogP contribution in [0.3, 0.4) is 0 Å². The number of aromatic nitrogens is 1. The normalized spacial score (nSPS) is 21.3. The first-order valence-electron chi connectivity index (χ1n) is 7.70. The molecule has 2 atom stereocenters. The van der Waals surface area contributed by atoms with Gasteiger partial charge in [-0.1, -0.05) is 30.3 Å². The Hall–Kier alpha value is -0.980. The summed E-state index contributed by atoms with van der Waals surface area (Å²) in [5.74, 6) is 1.06. The summed E-state index contributed by atoms with van der Waals surface area (Å²) in [4.78, 5) is 8.18. The zero-order chi connectivity index (χ0) is 15.4. The molecule has 6 heteroatoms. The third-order valence-corrected chi connectivity index (χ3v) is 5.25. The van der Waals surface area contributed by atoms with Crippen molar-refractivity contribution >= 4 is 23.7 Å². The van der Waals surface area contributed by atoms with Crippen LogP contribution in [0.15, 0.2) is 36.5 Å². The molecule has 1 aliphatic heterocycles. The zero-order valence-electron chi connectivity index (χ0n) is 13.4. The van der Waals surface area contributed by atoms with Crippen LogP contribution in [0.2, 0.25) is 0 Å². The molecule has 126 valence electrons. The van der Waals surface area contributed by atoms with E-state index in [2.05, 4.69) is 40.2 Å².